The molecule has 0 aliphatic heterocycles. The molecule has 2 heteroatoms. The number of ether oxygens (including phenoxy) is 1. The van der Waals surface area contributed by atoms with Crippen LogP contribution in [0, 0.1) is 0 Å². The molecule has 0 rings (SSSR count). The first-order valence-corrected chi connectivity index (χ1v) is 3.35. The maximum Gasteiger partial charge on any atom is 0.309 e. The quantitative estimate of drug-likeness (QED) is 0.341. The van der Waals surface area contributed by atoms with Crippen molar-refractivity contribution in [2.45, 2.75) is 6.42 Å². The molecule has 0 aliphatic carbocycles. The molecule has 60 valence electrons. The van der Waals surface area contributed by atoms with Crippen LogP contribution in [0.15, 0.2) is 37.5 Å². The zero-order valence-electron chi connectivity index (χ0n) is 6.45. The fraction of sp³-hybridized carbons (Fsp3) is 0.222. The van der Waals surface area contributed by atoms with Crippen LogP contribution < -0.4 is 0 Å². The second kappa shape index (κ2) is 6.81. The first-order chi connectivity index (χ1) is 5.31. The number of carbonyl (C=O) groups excluding carboxylic acids is 1. The van der Waals surface area contributed by atoms with Crippen molar-refractivity contribution >= 4 is 5.97 Å². The van der Waals surface area contributed by atoms with Gasteiger partial charge in [0, 0.05) is 0 Å². The molecule has 0 atom stereocenters. The first-order valence-electron chi connectivity index (χ1n) is 3.35. The molecule has 0 aromatic carbocycles. The molecule has 0 saturated heterocycles. The molecule has 11 heavy (non-hydrogen) atoms. The Hall–Kier alpha value is -1.31. The maximum absolute atomic E-state index is 10.7. The molecule has 0 heterocycles. The van der Waals surface area contributed by atoms with Crippen molar-refractivity contribution in [3.8, 4) is 0 Å². The highest BCUT2D eigenvalue weighted by Crippen LogP contribution is 1.88. The highest BCUT2D eigenvalue weighted by molar-refractivity contribution is 5.71. The number of allylic oxidation sites excluding steroid dienone is 2. The van der Waals surface area contributed by atoms with Gasteiger partial charge in [0.15, 0.2) is 0 Å². The zero-order valence-corrected chi connectivity index (χ0v) is 6.45. The largest absolute Gasteiger partial charge is 0.461 e. The van der Waals surface area contributed by atoms with E-state index in [-0.39, 0.29) is 12.6 Å². The lowest BCUT2D eigenvalue weighted by atomic mass is 10.4. The molecule has 0 radical (unpaired) electrons. The van der Waals surface area contributed by atoms with E-state index in [1.165, 1.54) is 6.08 Å². The average molecular weight is 152 g/mol. The van der Waals surface area contributed by atoms with Crippen LogP contribution in [0.25, 0.3) is 0 Å². The molecule has 2 nitrogen and oxygen atoms in total. The molecule has 0 amide bonds. The Bertz CT molecular complexity index is 168. The van der Waals surface area contributed by atoms with E-state index >= 15 is 0 Å². The van der Waals surface area contributed by atoms with Crippen LogP contribution in [-0.2, 0) is 9.53 Å². The number of rotatable bonds is 5. The van der Waals surface area contributed by atoms with Crippen molar-refractivity contribution in [1.82, 2.24) is 0 Å². The van der Waals surface area contributed by atoms with E-state index in [9.17, 15) is 4.79 Å². The number of hydrogen-bond acceptors (Lipinski definition) is 2. The summed E-state index contributed by atoms with van der Waals surface area (Å²) in [6.45, 7) is 7.16. The van der Waals surface area contributed by atoms with Gasteiger partial charge in [0.2, 0.25) is 0 Å². The SMILES string of the molecule is C=C/C=C/CC(=O)OCC=C. The number of carbonyl (C=O) groups is 1. The Kier molecular flexibility index (Phi) is 5.99. The second-order valence-electron chi connectivity index (χ2n) is 1.84. The summed E-state index contributed by atoms with van der Waals surface area (Å²) in [5, 5.41) is 0. The highest BCUT2D eigenvalue weighted by Gasteiger charge is 1.95. The molecule has 0 spiro atoms. The van der Waals surface area contributed by atoms with Crippen LogP contribution in [0.4, 0.5) is 0 Å². The van der Waals surface area contributed by atoms with Crippen LogP contribution >= 0.6 is 0 Å². The van der Waals surface area contributed by atoms with Gasteiger partial charge in [0.25, 0.3) is 0 Å². The molecule has 0 aromatic rings. The monoisotopic (exact) mass is 152 g/mol. The Morgan fingerprint density at radius 2 is 2.18 bits per heavy atom. The van der Waals surface area contributed by atoms with E-state index in [0.29, 0.717) is 6.42 Å². The minimum absolute atomic E-state index is 0.247. The number of hydrogen-bond donors (Lipinski definition) is 0. The van der Waals surface area contributed by atoms with Gasteiger partial charge in [0.05, 0.1) is 6.42 Å². The third-order valence-corrected chi connectivity index (χ3v) is 0.919. The highest BCUT2D eigenvalue weighted by atomic mass is 16.5. The molecule has 0 fully saturated rings. The first kappa shape index (κ1) is 9.69. The van der Waals surface area contributed by atoms with Gasteiger partial charge in [-0.3, -0.25) is 4.79 Å². The van der Waals surface area contributed by atoms with Gasteiger partial charge >= 0.3 is 5.97 Å². The van der Waals surface area contributed by atoms with Crippen LogP contribution in [0.5, 0.6) is 0 Å². The van der Waals surface area contributed by atoms with Crippen molar-refractivity contribution < 1.29 is 9.53 Å². The maximum atomic E-state index is 10.7. The molecule has 0 aromatic heterocycles. The van der Waals surface area contributed by atoms with Gasteiger partial charge in [-0.1, -0.05) is 37.5 Å². The summed E-state index contributed by atoms with van der Waals surface area (Å²) in [6, 6.07) is 0. The summed E-state index contributed by atoms with van der Waals surface area (Å²) in [5.41, 5.74) is 0. The van der Waals surface area contributed by atoms with Gasteiger partial charge in [0.1, 0.15) is 6.61 Å². The topological polar surface area (TPSA) is 26.3 Å². The molecule has 0 aliphatic rings. The van der Waals surface area contributed by atoms with Gasteiger partial charge in [-0.2, -0.15) is 0 Å². The zero-order chi connectivity index (χ0) is 8.53. The Labute approximate surface area is 66.9 Å². The Morgan fingerprint density at radius 1 is 1.45 bits per heavy atom. The van der Waals surface area contributed by atoms with Crippen LogP contribution in [0.2, 0.25) is 0 Å². The summed E-state index contributed by atoms with van der Waals surface area (Å²) < 4.78 is 4.70. The minimum atomic E-state index is -0.247. The van der Waals surface area contributed by atoms with Crippen LogP contribution in [0.3, 0.4) is 0 Å². The molecule has 0 N–H and O–H groups in total. The average Bonchev–Trinajstić information content (AvgIpc) is 2.01. The molecular weight excluding hydrogens is 140 g/mol. The lowest BCUT2D eigenvalue weighted by Crippen LogP contribution is -2.01. The molecule has 0 saturated carbocycles. The van der Waals surface area contributed by atoms with Crippen molar-refractivity contribution in [3.05, 3.63) is 37.5 Å². The minimum Gasteiger partial charge on any atom is -0.461 e. The van der Waals surface area contributed by atoms with Gasteiger partial charge in [-0.25, -0.2) is 0 Å². The van der Waals surface area contributed by atoms with E-state index in [4.69, 9.17) is 4.74 Å². The van der Waals surface area contributed by atoms with Crippen LogP contribution in [-0.4, -0.2) is 12.6 Å². The Morgan fingerprint density at radius 3 is 2.73 bits per heavy atom. The van der Waals surface area contributed by atoms with Crippen molar-refractivity contribution in [1.29, 1.82) is 0 Å². The number of esters is 1. The van der Waals surface area contributed by atoms with Crippen molar-refractivity contribution in [3.63, 3.8) is 0 Å². The fourth-order valence-electron chi connectivity index (χ4n) is 0.471. The Balaban J connectivity index is 3.44. The summed E-state index contributed by atoms with van der Waals surface area (Å²) in [5.74, 6) is -0.247. The van der Waals surface area contributed by atoms with Crippen molar-refractivity contribution in [2.24, 2.45) is 0 Å². The summed E-state index contributed by atoms with van der Waals surface area (Å²) in [6.07, 6.45) is 6.84. The summed E-state index contributed by atoms with van der Waals surface area (Å²) in [7, 11) is 0. The van der Waals surface area contributed by atoms with E-state index in [1.54, 1.807) is 18.2 Å². The van der Waals surface area contributed by atoms with E-state index < -0.39 is 0 Å². The van der Waals surface area contributed by atoms with E-state index in [0.717, 1.165) is 0 Å². The van der Waals surface area contributed by atoms with Gasteiger partial charge in [-0.05, 0) is 0 Å². The summed E-state index contributed by atoms with van der Waals surface area (Å²) >= 11 is 0. The molecule has 0 bridgehead atoms. The normalized spacial score (nSPS) is 9.45. The second-order valence-corrected chi connectivity index (χ2v) is 1.84. The fourth-order valence-corrected chi connectivity index (χ4v) is 0.471. The van der Waals surface area contributed by atoms with Gasteiger partial charge < -0.3 is 4.74 Å². The summed E-state index contributed by atoms with van der Waals surface area (Å²) in [4.78, 5) is 10.7. The van der Waals surface area contributed by atoms with Crippen molar-refractivity contribution in [2.75, 3.05) is 6.61 Å². The smallest absolute Gasteiger partial charge is 0.309 e. The van der Waals surface area contributed by atoms with E-state index in [2.05, 4.69) is 13.2 Å². The van der Waals surface area contributed by atoms with Gasteiger partial charge in [-0.15, -0.1) is 0 Å². The van der Waals surface area contributed by atoms with E-state index in [1.807, 2.05) is 0 Å². The standard InChI is InChI=1S/C9H12O2/c1-3-5-6-7-9(10)11-8-4-2/h3-6H,1-2,7-8H2/b6-5+. The predicted molar refractivity (Wildman–Crippen MR) is 45.1 cm³/mol. The predicted octanol–water partition coefficient (Wildman–Crippen LogP) is 1.85. The molecule has 0 unspecified atom stereocenters. The van der Waals surface area contributed by atoms with Crippen LogP contribution in [0.1, 0.15) is 6.42 Å². The molecular formula is C9H12O2. The lowest BCUT2D eigenvalue weighted by molar-refractivity contribution is -0.141. The lowest BCUT2D eigenvalue weighted by Gasteiger charge is -1.96. The third kappa shape index (κ3) is 6.58. The third-order valence-electron chi connectivity index (χ3n) is 0.919.